The van der Waals surface area contributed by atoms with E-state index in [0.717, 1.165) is 27.6 Å². The first-order valence-electron chi connectivity index (χ1n) is 4.15. The SMILES string of the molecule is Cc1nc(SCCBr)nc(C)c1C. The van der Waals surface area contributed by atoms with Crippen LogP contribution in [0.1, 0.15) is 17.0 Å². The standard InChI is InChI=1S/C9H13BrN2S/c1-6-7(2)11-9(12-8(6)3)13-5-4-10/h4-5H2,1-3H3. The lowest BCUT2D eigenvalue weighted by molar-refractivity contribution is 0.881. The Morgan fingerprint density at radius 3 is 2.15 bits per heavy atom. The summed E-state index contributed by atoms with van der Waals surface area (Å²) in [6, 6.07) is 0. The van der Waals surface area contributed by atoms with Crippen molar-refractivity contribution in [3.05, 3.63) is 17.0 Å². The molecule has 1 aromatic rings. The van der Waals surface area contributed by atoms with Gasteiger partial charge < -0.3 is 0 Å². The van der Waals surface area contributed by atoms with Gasteiger partial charge in [0.2, 0.25) is 0 Å². The van der Waals surface area contributed by atoms with Crippen molar-refractivity contribution in [2.75, 3.05) is 11.1 Å². The first-order chi connectivity index (χ1) is 6.15. The molecular weight excluding hydrogens is 248 g/mol. The van der Waals surface area contributed by atoms with E-state index in [4.69, 9.17) is 0 Å². The van der Waals surface area contributed by atoms with E-state index >= 15 is 0 Å². The second-order valence-corrected chi connectivity index (χ2v) is 4.69. The van der Waals surface area contributed by atoms with Crippen molar-refractivity contribution in [3.8, 4) is 0 Å². The Morgan fingerprint density at radius 1 is 1.15 bits per heavy atom. The number of hydrogen-bond donors (Lipinski definition) is 0. The lowest BCUT2D eigenvalue weighted by Gasteiger charge is -2.05. The molecule has 72 valence electrons. The van der Waals surface area contributed by atoms with E-state index in [0.29, 0.717) is 0 Å². The summed E-state index contributed by atoms with van der Waals surface area (Å²) in [7, 11) is 0. The summed E-state index contributed by atoms with van der Waals surface area (Å²) in [5, 5.41) is 1.87. The number of halogens is 1. The summed E-state index contributed by atoms with van der Waals surface area (Å²) in [5.74, 6) is 1.02. The summed E-state index contributed by atoms with van der Waals surface area (Å²) < 4.78 is 0. The minimum Gasteiger partial charge on any atom is -0.228 e. The number of alkyl halides is 1. The lowest BCUT2D eigenvalue weighted by Crippen LogP contribution is -1.98. The van der Waals surface area contributed by atoms with E-state index in [2.05, 4.69) is 32.8 Å². The van der Waals surface area contributed by atoms with Gasteiger partial charge in [-0.2, -0.15) is 0 Å². The summed E-state index contributed by atoms with van der Waals surface area (Å²) in [5.41, 5.74) is 3.37. The molecular formula is C9H13BrN2S. The monoisotopic (exact) mass is 260 g/mol. The number of thioether (sulfide) groups is 1. The van der Waals surface area contributed by atoms with E-state index in [1.165, 1.54) is 5.56 Å². The molecule has 0 aliphatic carbocycles. The first-order valence-corrected chi connectivity index (χ1v) is 6.26. The van der Waals surface area contributed by atoms with Gasteiger partial charge in [-0.3, -0.25) is 0 Å². The van der Waals surface area contributed by atoms with Crippen LogP contribution in [0.15, 0.2) is 5.16 Å². The minimum atomic E-state index is 0.889. The third-order valence-corrected chi connectivity index (χ3v) is 3.69. The van der Waals surface area contributed by atoms with Crippen molar-refractivity contribution in [1.82, 2.24) is 9.97 Å². The van der Waals surface area contributed by atoms with Crippen LogP contribution in [0.2, 0.25) is 0 Å². The molecule has 0 N–H and O–H groups in total. The van der Waals surface area contributed by atoms with Crippen LogP contribution in [0.25, 0.3) is 0 Å². The Hall–Kier alpha value is -0.0900. The Morgan fingerprint density at radius 2 is 1.69 bits per heavy atom. The van der Waals surface area contributed by atoms with Gasteiger partial charge in [-0.1, -0.05) is 27.7 Å². The molecule has 13 heavy (non-hydrogen) atoms. The average molecular weight is 261 g/mol. The molecule has 0 saturated heterocycles. The molecule has 4 heteroatoms. The van der Waals surface area contributed by atoms with E-state index < -0.39 is 0 Å². The normalized spacial score (nSPS) is 10.5. The Bertz CT molecular complexity index is 279. The molecule has 1 heterocycles. The number of nitrogens with zero attached hydrogens (tertiary/aromatic N) is 2. The van der Waals surface area contributed by atoms with Gasteiger partial charge in [0, 0.05) is 22.5 Å². The van der Waals surface area contributed by atoms with Crippen LogP contribution < -0.4 is 0 Å². The Labute approximate surface area is 91.7 Å². The van der Waals surface area contributed by atoms with Crippen LogP contribution >= 0.6 is 27.7 Å². The summed E-state index contributed by atoms with van der Waals surface area (Å²) >= 11 is 5.07. The highest BCUT2D eigenvalue weighted by Crippen LogP contribution is 2.17. The third kappa shape index (κ3) is 2.95. The number of aryl methyl sites for hydroxylation is 2. The summed E-state index contributed by atoms with van der Waals surface area (Å²) in [4.78, 5) is 8.80. The molecule has 0 radical (unpaired) electrons. The fourth-order valence-electron chi connectivity index (χ4n) is 0.936. The maximum absolute atomic E-state index is 4.40. The summed E-state index contributed by atoms with van der Waals surface area (Å²) in [6.45, 7) is 6.12. The molecule has 1 rings (SSSR count). The Kier molecular flexibility index (Phi) is 4.19. The topological polar surface area (TPSA) is 25.8 Å². The van der Waals surface area contributed by atoms with E-state index in [9.17, 15) is 0 Å². The van der Waals surface area contributed by atoms with Crippen LogP contribution in [-0.2, 0) is 0 Å². The van der Waals surface area contributed by atoms with E-state index in [-0.39, 0.29) is 0 Å². The molecule has 0 aliphatic heterocycles. The molecule has 0 saturated carbocycles. The van der Waals surface area contributed by atoms with Crippen LogP contribution in [0.3, 0.4) is 0 Å². The minimum absolute atomic E-state index is 0.889. The number of hydrogen-bond acceptors (Lipinski definition) is 3. The molecule has 0 aromatic carbocycles. The van der Waals surface area contributed by atoms with Crippen LogP contribution in [-0.4, -0.2) is 21.1 Å². The number of rotatable bonds is 3. The van der Waals surface area contributed by atoms with Gasteiger partial charge in [0.15, 0.2) is 5.16 Å². The second-order valence-electron chi connectivity index (χ2n) is 2.84. The van der Waals surface area contributed by atoms with E-state index in [1.54, 1.807) is 11.8 Å². The number of aromatic nitrogens is 2. The predicted molar refractivity (Wildman–Crippen MR) is 60.8 cm³/mol. The average Bonchev–Trinajstić information content (AvgIpc) is 2.10. The highest BCUT2D eigenvalue weighted by atomic mass is 79.9. The van der Waals surface area contributed by atoms with Gasteiger partial charge in [-0.15, -0.1) is 0 Å². The highest BCUT2D eigenvalue weighted by Gasteiger charge is 2.03. The predicted octanol–water partition coefficient (Wildman–Crippen LogP) is 2.89. The summed E-state index contributed by atoms with van der Waals surface area (Å²) in [6.07, 6.45) is 0. The quantitative estimate of drug-likeness (QED) is 0.475. The lowest BCUT2D eigenvalue weighted by atomic mass is 10.2. The molecule has 0 aliphatic rings. The van der Waals surface area contributed by atoms with Crippen molar-refractivity contribution in [3.63, 3.8) is 0 Å². The molecule has 0 spiro atoms. The molecule has 0 amide bonds. The van der Waals surface area contributed by atoms with Gasteiger partial charge in [-0.05, 0) is 26.3 Å². The van der Waals surface area contributed by atoms with Gasteiger partial charge in [0.25, 0.3) is 0 Å². The molecule has 1 aromatic heterocycles. The molecule has 0 atom stereocenters. The van der Waals surface area contributed by atoms with E-state index in [1.807, 2.05) is 13.8 Å². The van der Waals surface area contributed by atoms with Gasteiger partial charge >= 0.3 is 0 Å². The van der Waals surface area contributed by atoms with Gasteiger partial charge in [-0.25, -0.2) is 9.97 Å². The van der Waals surface area contributed by atoms with Crippen LogP contribution in [0.5, 0.6) is 0 Å². The Balaban J connectivity index is 2.86. The fraction of sp³-hybridized carbons (Fsp3) is 0.556. The second kappa shape index (κ2) is 4.96. The van der Waals surface area contributed by atoms with Crippen LogP contribution in [0, 0.1) is 20.8 Å². The van der Waals surface area contributed by atoms with Gasteiger partial charge in [0.05, 0.1) is 0 Å². The van der Waals surface area contributed by atoms with Crippen molar-refractivity contribution in [1.29, 1.82) is 0 Å². The molecule has 0 unspecified atom stereocenters. The van der Waals surface area contributed by atoms with Crippen LogP contribution in [0.4, 0.5) is 0 Å². The van der Waals surface area contributed by atoms with Crippen molar-refractivity contribution in [2.45, 2.75) is 25.9 Å². The maximum Gasteiger partial charge on any atom is 0.188 e. The largest absolute Gasteiger partial charge is 0.228 e. The molecule has 2 nitrogen and oxygen atoms in total. The zero-order valence-corrected chi connectivity index (χ0v) is 10.5. The smallest absolute Gasteiger partial charge is 0.188 e. The highest BCUT2D eigenvalue weighted by molar-refractivity contribution is 9.09. The van der Waals surface area contributed by atoms with Crippen molar-refractivity contribution in [2.24, 2.45) is 0 Å². The zero-order valence-electron chi connectivity index (χ0n) is 8.09. The third-order valence-electron chi connectivity index (χ3n) is 1.92. The molecule has 0 bridgehead atoms. The first kappa shape index (κ1) is 11.0. The van der Waals surface area contributed by atoms with Gasteiger partial charge in [0.1, 0.15) is 0 Å². The fourth-order valence-corrected chi connectivity index (χ4v) is 2.08. The van der Waals surface area contributed by atoms with Crippen molar-refractivity contribution >= 4 is 27.7 Å². The zero-order chi connectivity index (χ0) is 9.84. The maximum atomic E-state index is 4.40. The molecule has 0 fully saturated rings. The van der Waals surface area contributed by atoms with Crippen molar-refractivity contribution < 1.29 is 0 Å².